The first-order chi connectivity index (χ1) is 8.74. The Morgan fingerprint density at radius 3 is 3.06 bits per heavy atom. The third-order valence-electron chi connectivity index (χ3n) is 3.66. The van der Waals surface area contributed by atoms with Gasteiger partial charge in [-0.05, 0) is 29.5 Å². The summed E-state index contributed by atoms with van der Waals surface area (Å²) in [6.45, 7) is 0. The molecule has 18 heavy (non-hydrogen) atoms. The van der Waals surface area contributed by atoms with E-state index in [9.17, 15) is 4.79 Å². The van der Waals surface area contributed by atoms with E-state index in [0.29, 0.717) is 12.2 Å². The van der Waals surface area contributed by atoms with Crippen LogP contribution in [0.3, 0.4) is 0 Å². The van der Waals surface area contributed by atoms with Gasteiger partial charge in [0.15, 0.2) is 0 Å². The van der Waals surface area contributed by atoms with E-state index < -0.39 is 0 Å². The highest BCUT2D eigenvalue weighted by atomic mass is 16.1. The number of carbonyl (C=O) groups excluding carboxylic acids is 1. The van der Waals surface area contributed by atoms with E-state index in [1.807, 2.05) is 25.4 Å². The van der Waals surface area contributed by atoms with E-state index in [4.69, 9.17) is 0 Å². The predicted molar refractivity (Wildman–Crippen MR) is 69.4 cm³/mol. The lowest BCUT2D eigenvalue weighted by Gasteiger charge is -2.09. The Kier molecular flexibility index (Phi) is 2.74. The molecule has 1 aliphatic carbocycles. The molecule has 0 N–H and O–H groups in total. The highest BCUT2D eigenvalue weighted by Gasteiger charge is 2.27. The Bertz CT molecular complexity index is 586. The summed E-state index contributed by atoms with van der Waals surface area (Å²) >= 11 is 0. The van der Waals surface area contributed by atoms with Crippen LogP contribution in [0.1, 0.15) is 29.0 Å². The molecule has 1 heterocycles. The van der Waals surface area contributed by atoms with Crippen molar-refractivity contribution >= 4 is 5.78 Å². The van der Waals surface area contributed by atoms with Gasteiger partial charge in [0.2, 0.25) is 0 Å². The van der Waals surface area contributed by atoms with Gasteiger partial charge in [-0.3, -0.25) is 9.48 Å². The molecule has 0 spiro atoms. The van der Waals surface area contributed by atoms with Crippen molar-refractivity contribution in [2.75, 3.05) is 0 Å². The molecule has 0 bridgehead atoms. The van der Waals surface area contributed by atoms with Gasteiger partial charge in [-0.1, -0.05) is 24.3 Å². The van der Waals surface area contributed by atoms with Crippen LogP contribution < -0.4 is 0 Å². The molecule has 0 fully saturated rings. The van der Waals surface area contributed by atoms with Crippen molar-refractivity contribution in [1.82, 2.24) is 9.78 Å². The molecule has 3 heteroatoms. The van der Waals surface area contributed by atoms with Gasteiger partial charge in [-0.25, -0.2) is 0 Å². The molecule has 1 aliphatic rings. The topological polar surface area (TPSA) is 34.9 Å². The van der Waals surface area contributed by atoms with Gasteiger partial charge in [0.25, 0.3) is 0 Å². The fraction of sp³-hybridized carbons (Fsp3) is 0.333. The minimum absolute atomic E-state index is 0.0846. The maximum Gasteiger partial charge on any atom is 0.144 e. The SMILES string of the molecule is Cn1cc(CC(=O)C2CCc3ccccc32)cn1. The summed E-state index contributed by atoms with van der Waals surface area (Å²) in [6.07, 6.45) is 6.17. The number of aryl methyl sites for hydroxylation is 2. The lowest BCUT2D eigenvalue weighted by atomic mass is 9.93. The lowest BCUT2D eigenvalue weighted by molar-refractivity contribution is -0.119. The Hall–Kier alpha value is -1.90. The van der Waals surface area contributed by atoms with Gasteiger partial charge < -0.3 is 0 Å². The summed E-state index contributed by atoms with van der Waals surface area (Å²) in [4.78, 5) is 12.3. The Balaban J connectivity index is 1.78. The first kappa shape index (κ1) is 11.2. The first-order valence-electron chi connectivity index (χ1n) is 6.32. The molecule has 0 saturated carbocycles. The molecule has 0 radical (unpaired) electrons. The molecular weight excluding hydrogens is 224 g/mol. The van der Waals surface area contributed by atoms with Gasteiger partial charge >= 0.3 is 0 Å². The second-order valence-electron chi connectivity index (χ2n) is 4.96. The van der Waals surface area contributed by atoms with Crippen molar-refractivity contribution in [2.45, 2.75) is 25.2 Å². The average Bonchev–Trinajstić information content (AvgIpc) is 2.95. The van der Waals surface area contributed by atoms with Gasteiger partial charge in [-0.15, -0.1) is 0 Å². The molecular formula is C15H16N2O. The normalized spacial score (nSPS) is 17.7. The molecule has 1 aromatic carbocycles. The zero-order valence-corrected chi connectivity index (χ0v) is 10.5. The molecule has 0 aliphatic heterocycles. The van der Waals surface area contributed by atoms with Crippen LogP contribution in [0.25, 0.3) is 0 Å². The van der Waals surface area contributed by atoms with Gasteiger partial charge in [0, 0.05) is 25.6 Å². The lowest BCUT2D eigenvalue weighted by Crippen LogP contribution is -2.12. The maximum atomic E-state index is 12.3. The monoisotopic (exact) mass is 240 g/mol. The number of Topliss-reactive ketones (excluding diaryl/α,β-unsaturated/α-hetero) is 1. The molecule has 1 atom stereocenters. The van der Waals surface area contributed by atoms with E-state index in [1.165, 1.54) is 11.1 Å². The molecule has 1 aromatic heterocycles. The zero-order valence-electron chi connectivity index (χ0n) is 10.5. The molecule has 2 aromatic rings. The minimum Gasteiger partial charge on any atom is -0.299 e. The largest absolute Gasteiger partial charge is 0.299 e. The molecule has 3 rings (SSSR count). The minimum atomic E-state index is 0.0846. The van der Waals surface area contributed by atoms with Crippen LogP contribution >= 0.6 is 0 Å². The van der Waals surface area contributed by atoms with Crippen molar-refractivity contribution in [1.29, 1.82) is 0 Å². The number of aromatic nitrogens is 2. The number of carbonyl (C=O) groups is 1. The molecule has 0 saturated heterocycles. The number of benzene rings is 1. The smallest absolute Gasteiger partial charge is 0.144 e. The van der Waals surface area contributed by atoms with Crippen LogP contribution in [-0.2, 0) is 24.7 Å². The second kappa shape index (κ2) is 4.41. The van der Waals surface area contributed by atoms with Gasteiger partial charge in [-0.2, -0.15) is 5.10 Å². The third kappa shape index (κ3) is 1.96. The average molecular weight is 240 g/mol. The van der Waals surface area contributed by atoms with E-state index in [-0.39, 0.29) is 5.92 Å². The van der Waals surface area contributed by atoms with Crippen LogP contribution in [0.2, 0.25) is 0 Å². The number of rotatable bonds is 3. The summed E-state index contributed by atoms with van der Waals surface area (Å²) in [5.74, 6) is 0.398. The molecule has 1 unspecified atom stereocenters. The fourth-order valence-electron chi connectivity index (χ4n) is 2.78. The van der Waals surface area contributed by atoms with Crippen LogP contribution in [0, 0.1) is 0 Å². The van der Waals surface area contributed by atoms with Crippen molar-refractivity contribution in [3.63, 3.8) is 0 Å². The second-order valence-corrected chi connectivity index (χ2v) is 4.96. The highest BCUT2D eigenvalue weighted by molar-refractivity contribution is 5.88. The third-order valence-corrected chi connectivity index (χ3v) is 3.66. The van der Waals surface area contributed by atoms with Crippen LogP contribution in [0.15, 0.2) is 36.7 Å². The van der Waals surface area contributed by atoms with Gasteiger partial charge in [0.1, 0.15) is 5.78 Å². The molecule has 0 amide bonds. The van der Waals surface area contributed by atoms with Gasteiger partial charge in [0.05, 0.1) is 6.20 Å². The highest BCUT2D eigenvalue weighted by Crippen LogP contribution is 2.34. The fourth-order valence-corrected chi connectivity index (χ4v) is 2.78. The predicted octanol–water partition coefficient (Wildman–Crippen LogP) is 2.26. The summed E-state index contributed by atoms with van der Waals surface area (Å²) < 4.78 is 1.74. The summed E-state index contributed by atoms with van der Waals surface area (Å²) in [7, 11) is 1.87. The van der Waals surface area contributed by atoms with Crippen LogP contribution in [0.5, 0.6) is 0 Å². The Morgan fingerprint density at radius 1 is 1.44 bits per heavy atom. The number of nitrogens with zero attached hydrogens (tertiary/aromatic N) is 2. The quantitative estimate of drug-likeness (QED) is 0.824. The van der Waals surface area contributed by atoms with Crippen molar-refractivity contribution in [3.05, 3.63) is 53.3 Å². The standard InChI is InChI=1S/C15H16N2O/c1-17-10-11(9-16-17)8-15(18)14-7-6-12-4-2-3-5-13(12)14/h2-5,9-10,14H,6-8H2,1H3. The van der Waals surface area contributed by atoms with Crippen molar-refractivity contribution in [2.24, 2.45) is 7.05 Å². The molecule has 92 valence electrons. The summed E-state index contributed by atoms with van der Waals surface area (Å²) in [6, 6.07) is 8.29. The molecule has 3 nitrogen and oxygen atoms in total. The number of fused-ring (bicyclic) bond motifs is 1. The Labute approximate surface area is 106 Å². The zero-order chi connectivity index (χ0) is 12.5. The maximum absolute atomic E-state index is 12.3. The number of ketones is 1. The van der Waals surface area contributed by atoms with Crippen LogP contribution in [-0.4, -0.2) is 15.6 Å². The number of hydrogen-bond acceptors (Lipinski definition) is 2. The van der Waals surface area contributed by atoms with E-state index in [1.54, 1.807) is 10.9 Å². The van der Waals surface area contributed by atoms with Crippen molar-refractivity contribution in [3.8, 4) is 0 Å². The first-order valence-corrected chi connectivity index (χ1v) is 6.32. The van der Waals surface area contributed by atoms with E-state index in [0.717, 1.165) is 18.4 Å². The summed E-state index contributed by atoms with van der Waals surface area (Å²) in [5, 5.41) is 4.11. The summed E-state index contributed by atoms with van der Waals surface area (Å²) in [5.41, 5.74) is 3.57. The van der Waals surface area contributed by atoms with E-state index in [2.05, 4.69) is 17.2 Å². The van der Waals surface area contributed by atoms with E-state index >= 15 is 0 Å². The Morgan fingerprint density at radius 2 is 2.28 bits per heavy atom. The van der Waals surface area contributed by atoms with Crippen LogP contribution in [0.4, 0.5) is 0 Å². The van der Waals surface area contributed by atoms with Crippen molar-refractivity contribution < 1.29 is 4.79 Å². The number of hydrogen-bond donors (Lipinski definition) is 0.